The first-order chi connectivity index (χ1) is 11.0. The summed E-state index contributed by atoms with van der Waals surface area (Å²) in [5.41, 5.74) is 3.49. The minimum absolute atomic E-state index is 0.0639. The maximum Gasteiger partial charge on any atom is 0.251 e. The lowest BCUT2D eigenvalue weighted by Crippen LogP contribution is -2.48. The molecule has 1 aromatic carbocycles. The maximum absolute atomic E-state index is 12.2. The Morgan fingerprint density at radius 3 is 2.30 bits per heavy atom. The van der Waals surface area contributed by atoms with E-state index in [-0.39, 0.29) is 11.3 Å². The molecule has 0 spiro atoms. The number of hydrogen-bond acceptors (Lipinski definition) is 4. The predicted octanol–water partition coefficient (Wildman–Crippen LogP) is 2.53. The topological polar surface area (TPSA) is 64.1 Å². The summed E-state index contributed by atoms with van der Waals surface area (Å²) in [6.07, 6.45) is 0. The Labute approximate surface area is 136 Å². The van der Waals surface area contributed by atoms with Gasteiger partial charge in [-0.3, -0.25) is 4.79 Å². The Morgan fingerprint density at radius 2 is 1.78 bits per heavy atom. The lowest BCUT2D eigenvalue weighted by atomic mass is 9.88. The van der Waals surface area contributed by atoms with Crippen LogP contribution in [0.4, 0.5) is 0 Å². The number of nitrogens with one attached hydrogen (secondary N) is 1. The smallest absolute Gasteiger partial charge is 0.251 e. The van der Waals surface area contributed by atoms with E-state index in [1.807, 2.05) is 44.2 Å². The average Bonchev–Trinajstić information content (AvgIpc) is 2.50. The Balaban J connectivity index is 1.70. The maximum atomic E-state index is 12.2. The average molecular weight is 311 g/mol. The Kier molecular flexibility index (Phi) is 4.13. The summed E-state index contributed by atoms with van der Waals surface area (Å²) in [5.74, 6) is 0.625. The van der Waals surface area contributed by atoms with Gasteiger partial charge >= 0.3 is 0 Å². The van der Waals surface area contributed by atoms with E-state index in [0.717, 1.165) is 17.0 Å². The summed E-state index contributed by atoms with van der Waals surface area (Å²) >= 11 is 0. The summed E-state index contributed by atoms with van der Waals surface area (Å²) in [5, 5.41) is 2.97. The molecule has 1 aliphatic heterocycles. The Morgan fingerprint density at radius 1 is 1.17 bits per heavy atom. The molecule has 120 valence electrons. The molecule has 0 aliphatic carbocycles. The van der Waals surface area contributed by atoms with Crippen LogP contribution in [-0.4, -0.2) is 35.6 Å². The van der Waals surface area contributed by atoms with Gasteiger partial charge in [-0.15, -0.1) is 0 Å². The second-order valence-corrected chi connectivity index (χ2v) is 6.54. The van der Waals surface area contributed by atoms with Gasteiger partial charge in [0.2, 0.25) is 0 Å². The van der Waals surface area contributed by atoms with E-state index >= 15 is 0 Å². The first kappa shape index (κ1) is 15.6. The van der Waals surface area contributed by atoms with E-state index < -0.39 is 0 Å². The highest BCUT2D eigenvalue weighted by atomic mass is 16.5. The molecule has 2 aromatic rings. The summed E-state index contributed by atoms with van der Waals surface area (Å²) in [4.78, 5) is 21.1. The number of amides is 1. The van der Waals surface area contributed by atoms with Crippen molar-refractivity contribution < 1.29 is 9.53 Å². The molecule has 1 aromatic heterocycles. The van der Waals surface area contributed by atoms with E-state index in [1.165, 1.54) is 0 Å². The zero-order valence-corrected chi connectivity index (χ0v) is 13.7. The van der Waals surface area contributed by atoms with Crippen molar-refractivity contribution >= 4 is 5.91 Å². The fourth-order valence-electron chi connectivity index (χ4n) is 2.57. The molecule has 1 N–H and O–H groups in total. The summed E-state index contributed by atoms with van der Waals surface area (Å²) in [6.45, 7) is 8.05. The van der Waals surface area contributed by atoms with Crippen molar-refractivity contribution in [3.63, 3.8) is 0 Å². The summed E-state index contributed by atoms with van der Waals surface area (Å²) in [7, 11) is 0. The molecule has 0 saturated carbocycles. The molecule has 2 heterocycles. The first-order valence-electron chi connectivity index (χ1n) is 7.74. The van der Waals surface area contributed by atoms with E-state index in [2.05, 4.69) is 22.2 Å². The van der Waals surface area contributed by atoms with Gasteiger partial charge in [0.25, 0.3) is 5.91 Å². The fourth-order valence-corrected chi connectivity index (χ4v) is 2.57. The number of carbonyl (C=O) groups is 1. The lowest BCUT2D eigenvalue weighted by Gasteiger charge is -2.38. The molecule has 23 heavy (non-hydrogen) atoms. The van der Waals surface area contributed by atoms with Crippen molar-refractivity contribution in [1.29, 1.82) is 0 Å². The van der Waals surface area contributed by atoms with Gasteiger partial charge in [0.05, 0.1) is 13.2 Å². The molecule has 0 atom stereocenters. The van der Waals surface area contributed by atoms with Crippen molar-refractivity contribution in [1.82, 2.24) is 15.3 Å². The molecule has 5 heteroatoms. The second-order valence-electron chi connectivity index (χ2n) is 6.54. The molecule has 0 bridgehead atoms. The zero-order valence-electron chi connectivity index (χ0n) is 13.7. The lowest BCUT2D eigenvalue weighted by molar-refractivity contribution is -0.0978. The van der Waals surface area contributed by atoms with Gasteiger partial charge in [0.15, 0.2) is 5.82 Å². The van der Waals surface area contributed by atoms with Gasteiger partial charge in [0.1, 0.15) is 0 Å². The van der Waals surface area contributed by atoms with Crippen molar-refractivity contribution in [2.45, 2.75) is 20.8 Å². The van der Waals surface area contributed by atoms with Crippen LogP contribution in [0.1, 0.15) is 28.7 Å². The van der Waals surface area contributed by atoms with Gasteiger partial charge in [0, 0.05) is 34.5 Å². The molecular weight excluding hydrogens is 290 g/mol. The minimum Gasteiger partial charge on any atom is -0.380 e. The molecule has 1 saturated heterocycles. The number of nitrogens with zero attached hydrogens (tertiary/aromatic N) is 2. The third-order valence-corrected chi connectivity index (χ3v) is 3.96. The Bertz CT molecular complexity index is 701. The van der Waals surface area contributed by atoms with Gasteiger partial charge < -0.3 is 10.1 Å². The number of aryl methyl sites for hydroxylation is 2. The van der Waals surface area contributed by atoms with E-state index in [9.17, 15) is 4.79 Å². The highest BCUT2D eigenvalue weighted by Gasteiger charge is 2.33. The van der Waals surface area contributed by atoms with Gasteiger partial charge in [-0.05, 0) is 32.0 Å². The van der Waals surface area contributed by atoms with Crippen LogP contribution in [0.2, 0.25) is 0 Å². The molecule has 1 amide bonds. The van der Waals surface area contributed by atoms with Gasteiger partial charge in [-0.25, -0.2) is 9.97 Å². The van der Waals surface area contributed by atoms with Gasteiger partial charge in [-0.1, -0.05) is 19.1 Å². The first-order valence-corrected chi connectivity index (χ1v) is 7.74. The molecular formula is C18H21N3O2. The molecule has 0 radical (unpaired) electrons. The SMILES string of the molecule is Cc1cc(C)nc(-c2ccc(C(=O)NCC3(C)COC3)cc2)n1. The van der Waals surface area contributed by atoms with E-state index in [4.69, 9.17) is 4.74 Å². The van der Waals surface area contributed by atoms with E-state index in [0.29, 0.717) is 31.1 Å². The molecule has 3 rings (SSSR count). The van der Waals surface area contributed by atoms with Crippen LogP contribution in [0.25, 0.3) is 11.4 Å². The van der Waals surface area contributed by atoms with E-state index in [1.54, 1.807) is 0 Å². The van der Waals surface area contributed by atoms with Gasteiger partial charge in [-0.2, -0.15) is 0 Å². The monoisotopic (exact) mass is 311 g/mol. The molecule has 5 nitrogen and oxygen atoms in total. The second kappa shape index (κ2) is 6.08. The summed E-state index contributed by atoms with van der Waals surface area (Å²) in [6, 6.07) is 9.33. The van der Waals surface area contributed by atoms with Crippen LogP contribution < -0.4 is 5.32 Å². The third kappa shape index (κ3) is 3.56. The Hall–Kier alpha value is -2.27. The number of benzene rings is 1. The predicted molar refractivity (Wildman–Crippen MR) is 88.2 cm³/mol. The van der Waals surface area contributed by atoms with Crippen LogP contribution in [-0.2, 0) is 4.74 Å². The normalized spacial score (nSPS) is 15.8. The summed E-state index contributed by atoms with van der Waals surface area (Å²) < 4.78 is 5.19. The largest absolute Gasteiger partial charge is 0.380 e. The van der Waals surface area contributed by atoms with Crippen LogP contribution >= 0.6 is 0 Å². The highest BCUT2D eigenvalue weighted by Crippen LogP contribution is 2.25. The number of rotatable bonds is 4. The third-order valence-electron chi connectivity index (χ3n) is 3.96. The van der Waals surface area contributed by atoms with Crippen LogP contribution in [0.5, 0.6) is 0 Å². The van der Waals surface area contributed by atoms with Crippen LogP contribution in [0, 0.1) is 19.3 Å². The quantitative estimate of drug-likeness (QED) is 0.942. The van der Waals surface area contributed by atoms with Crippen molar-refractivity contribution in [2.24, 2.45) is 5.41 Å². The highest BCUT2D eigenvalue weighted by molar-refractivity contribution is 5.94. The van der Waals surface area contributed by atoms with Crippen molar-refractivity contribution in [3.05, 3.63) is 47.3 Å². The molecule has 1 aliphatic rings. The van der Waals surface area contributed by atoms with Crippen molar-refractivity contribution in [2.75, 3.05) is 19.8 Å². The minimum atomic E-state index is -0.0639. The molecule has 0 unspecified atom stereocenters. The van der Waals surface area contributed by atoms with Crippen LogP contribution in [0.15, 0.2) is 30.3 Å². The number of hydrogen-bond donors (Lipinski definition) is 1. The fraction of sp³-hybridized carbons (Fsp3) is 0.389. The zero-order chi connectivity index (χ0) is 16.4. The number of ether oxygens (including phenoxy) is 1. The number of aromatic nitrogens is 2. The number of carbonyl (C=O) groups excluding carboxylic acids is 1. The van der Waals surface area contributed by atoms with Crippen molar-refractivity contribution in [3.8, 4) is 11.4 Å². The molecule has 1 fully saturated rings. The van der Waals surface area contributed by atoms with Crippen LogP contribution in [0.3, 0.4) is 0 Å². The standard InChI is InChI=1S/C18H21N3O2/c1-12-8-13(2)21-16(20-12)14-4-6-15(7-5-14)17(22)19-9-18(3)10-23-11-18/h4-8H,9-11H2,1-3H3,(H,19,22).